The third-order valence-electron chi connectivity index (χ3n) is 0.188. The fraction of sp³-hybridized carbons (Fsp3) is 1.00. The van der Waals surface area contributed by atoms with Crippen molar-refractivity contribution in [3.05, 3.63) is 0 Å². The molecule has 0 amide bonds. The number of hydrogen-bond acceptors (Lipinski definition) is 3. The van der Waals surface area contributed by atoms with E-state index in [1.165, 1.54) is 0 Å². The SMILES string of the molecule is CP(=O)(F)ON. The second kappa shape index (κ2) is 1.69. The second-order valence-electron chi connectivity index (χ2n) is 0.852. The Bertz CT molecular complexity index is 77.6. The van der Waals surface area contributed by atoms with Crippen molar-refractivity contribution in [1.82, 2.24) is 0 Å². The average Bonchev–Trinajstić information content (AvgIpc) is 1.35. The number of hydrogen-bond donors (Lipinski definition) is 1. The van der Waals surface area contributed by atoms with Crippen LogP contribution in [0.15, 0.2) is 0 Å². The van der Waals surface area contributed by atoms with Gasteiger partial charge in [0.1, 0.15) is 0 Å². The van der Waals surface area contributed by atoms with Crippen molar-refractivity contribution in [2.45, 2.75) is 0 Å². The smallest absolute Gasteiger partial charge is 0.254 e. The van der Waals surface area contributed by atoms with Gasteiger partial charge in [-0.15, -0.1) is 0 Å². The molecule has 0 saturated heterocycles. The minimum atomic E-state index is -3.87. The first-order valence-electron chi connectivity index (χ1n) is 1.22. The summed E-state index contributed by atoms with van der Waals surface area (Å²) in [6.07, 6.45) is 0. The Morgan fingerprint density at radius 2 is 2.17 bits per heavy atom. The molecule has 0 aromatic carbocycles. The van der Waals surface area contributed by atoms with Crippen molar-refractivity contribution in [1.29, 1.82) is 0 Å². The zero-order chi connectivity index (χ0) is 5.21. The summed E-state index contributed by atoms with van der Waals surface area (Å²) >= 11 is 0. The molecule has 0 heterocycles. The highest BCUT2D eigenvalue weighted by Crippen LogP contribution is 2.41. The number of halogens is 1. The average molecular weight is 113 g/mol. The molecule has 6 heavy (non-hydrogen) atoms. The quantitative estimate of drug-likeness (QED) is 0.401. The van der Waals surface area contributed by atoms with Gasteiger partial charge in [-0.2, -0.15) is 4.20 Å². The molecule has 0 bridgehead atoms. The lowest BCUT2D eigenvalue weighted by molar-refractivity contribution is 0.303. The standard InChI is InChI=1S/CH5FNO2P/c1-6(2,4)5-3/h3H2,1H3. The van der Waals surface area contributed by atoms with E-state index >= 15 is 0 Å². The molecule has 1 unspecified atom stereocenters. The normalized spacial score (nSPS) is 19.8. The molecule has 2 N–H and O–H groups in total. The van der Waals surface area contributed by atoms with E-state index in [9.17, 15) is 8.76 Å². The van der Waals surface area contributed by atoms with Crippen molar-refractivity contribution < 1.29 is 13.4 Å². The first-order chi connectivity index (χ1) is 2.56. The van der Waals surface area contributed by atoms with E-state index in [-0.39, 0.29) is 0 Å². The first kappa shape index (κ1) is 6.08. The summed E-state index contributed by atoms with van der Waals surface area (Å²) in [5, 5.41) is 0. The third-order valence-corrected chi connectivity index (χ3v) is 0.565. The summed E-state index contributed by atoms with van der Waals surface area (Å²) in [5.41, 5.74) is 0. The van der Waals surface area contributed by atoms with Gasteiger partial charge in [0, 0.05) is 6.66 Å². The van der Waals surface area contributed by atoms with Crippen LogP contribution in [0.3, 0.4) is 0 Å². The second-order valence-corrected chi connectivity index (χ2v) is 2.56. The van der Waals surface area contributed by atoms with Gasteiger partial charge in [0.05, 0.1) is 0 Å². The fourth-order valence-electron chi connectivity index (χ4n) is 0. The largest absolute Gasteiger partial charge is 0.380 e. The number of nitrogens with two attached hydrogens (primary N) is 1. The first-order valence-corrected chi connectivity index (χ1v) is 3.18. The Balaban J connectivity index is 3.48. The van der Waals surface area contributed by atoms with Crippen molar-refractivity contribution >= 4 is 7.68 Å². The molecule has 0 aliphatic carbocycles. The lowest BCUT2D eigenvalue weighted by Crippen LogP contribution is -1.90. The minimum Gasteiger partial charge on any atom is -0.254 e. The Morgan fingerprint density at radius 3 is 2.17 bits per heavy atom. The molecule has 38 valence electrons. The fourth-order valence-corrected chi connectivity index (χ4v) is 0. The van der Waals surface area contributed by atoms with Crippen LogP contribution in [-0.2, 0) is 9.19 Å². The van der Waals surface area contributed by atoms with E-state index in [0.717, 1.165) is 6.66 Å². The summed E-state index contributed by atoms with van der Waals surface area (Å²) in [5.74, 6) is 4.17. The molecule has 0 radical (unpaired) electrons. The summed E-state index contributed by atoms with van der Waals surface area (Å²) in [6, 6.07) is 0. The van der Waals surface area contributed by atoms with Crippen LogP contribution in [0.4, 0.5) is 4.20 Å². The molecule has 0 rings (SSSR count). The predicted molar refractivity (Wildman–Crippen MR) is 19.9 cm³/mol. The molecule has 5 heteroatoms. The van der Waals surface area contributed by atoms with E-state index < -0.39 is 7.68 Å². The number of rotatable bonds is 1. The van der Waals surface area contributed by atoms with Gasteiger partial charge in [-0.3, -0.25) is 4.57 Å². The van der Waals surface area contributed by atoms with Crippen LogP contribution >= 0.6 is 7.68 Å². The van der Waals surface area contributed by atoms with Gasteiger partial charge in [0.25, 0.3) is 0 Å². The molecule has 1 atom stereocenters. The zero-order valence-electron chi connectivity index (χ0n) is 3.22. The van der Waals surface area contributed by atoms with Crippen LogP contribution in [0.25, 0.3) is 0 Å². The molecular weight excluding hydrogens is 108 g/mol. The predicted octanol–water partition coefficient (Wildman–Crippen LogP) is 0.669. The van der Waals surface area contributed by atoms with Crippen LogP contribution in [-0.4, -0.2) is 6.66 Å². The minimum absolute atomic E-state index is 0.785. The van der Waals surface area contributed by atoms with Crippen LogP contribution in [0.1, 0.15) is 0 Å². The van der Waals surface area contributed by atoms with Crippen molar-refractivity contribution in [3.8, 4) is 0 Å². The van der Waals surface area contributed by atoms with E-state index in [1.807, 2.05) is 0 Å². The molecule has 0 spiro atoms. The Labute approximate surface area is 34.8 Å². The molecule has 0 saturated carbocycles. The van der Waals surface area contributed by atoms with Crippen LogP contribution < -0.4 is 5.90 Å². The van der Waals surface area contributed by atoms with Gasteiger partial charge in [-0.05, 0) is 0 Å². The zero-order valence-corrected chi connectivity index (χ0v) is 4.11. The third kappa shape index (κ3) is 4.08. The Hall–Kier alpha value is 0.0800. The van der Waals surface area contributed by atoms with Gasteiger partial charge in [0.15, 0.2) is 0 Å². The summed E-state index contributed by atoms with van der Waals surface area (Å²) in [6.45, 7) is 0.785. The molecule has 3 nitrogen and oxygen atoms in total. The van der Waals surface area contributed by atoms with E-state index in [4.69, 9.17) is 0 Å². The van der Waals surface area contributed by atoms with Gasteiger partial charge in [0.2, 0.25) is 0 Å². The van der Waals surface area contributed by atoms with Gasteiger partial charge < -0.3 is 0 Å². The Kier molecular flexibility index (Phi) is 1.71. The highest BCUT2D eigenvalue weighted by Gasteiger charge is 2.08. The summed E-state index contributed by atoms with van der Waals surface area (Å²) in [7, 11) is -3.87. The van der Waals surface area contributed by atoms with Gasteiger partial charge >= 0.3 is 7.68 Å². The summed E-state index contributed by atoms with van der Waals surface area (Å²) in [4.78, 5) is 0. The van der Waals surface area contributed by atoms with E-state index in [1.54, 1.807) is 0 Å². The lowest BCUT2D eigenvalue weighted by atomic mass is 12.0. The van der Waals surface area contributed by atoms with Crippen LogP contribution in [0, 0.1) is 0 Å². The molecule has 0 aromatic heterocycles. The topological polar surface area (TPSA) is 52.3 Å². The molecule has 0 aliphatic heterocycles. The highest BCUT2D eigenvalue weighted by molar-refractivity contribution is 7.52. The molecule has 0 fully saturated rings. The van der Waals surface area contributed by atoms with Crippen LogP contribution in [0.5, 0.6) is 0 Å². The van der Waals surface area contributed by atoms with Gasteiger partial charge in [-0.25, -0.2) is 10.5 Å². The van der Waals surface area contributed by atoms with E-state index in [2.05, 4.69) is 10.5 Å². The lowest BCUT2D eigenvalue weighted by Gasteiger charge is -1.91. The van der Waals surface area contributed by atoms with Crippen molar-refractivity contribution in [3.63, 3.8) is 0 Å². The van der Waals surface area contributed by atoms with E-state index in [0.29, 0.717) is 0 Å². The monoisotopic (exact) mass is 113 g/mol. The Morgan fingerprint density at radius 1 is 2.00 bits per heavy atom. The molecule has 0 aromatic rings. The van der Waals surface area contributed by atoms with Gasteiger partial charge in [-0.1, -0.05) is 0 Å². The maximum Gasteiger partial charge on any atom is 0.380 e. The maximum atomic E-state index is 11.3. The van der Waals surface area contributed by atoms with Crippen molar-refractivity contribution in [2.75, 3.05) is 6.66 Å². The maximum absolute atomic E-state index is 11.3. The highest BCUT2D eigenvalue weighted by atomic mass is 31.2. The molecule has 0 aliphatic rings. The van der Waals surface area contributed by atoms with Crippen molar-refractivity contribution in [2.24, 2.45) is 5.90 Å². The van der Waals surface area contributed by atoms with Crippen LogP contribution in [0.2, 0.25) is 0 Å². The summed E-state index contributed by atoms with van der Waals surface area (Å²) < 4.78 is 24.2. The molecular formula is CH5FNO2P.